The summed E-state index contributed by atoms with van der Waals surface area (Å²) in [7, 11) is 0. The van der Waals surface area contributed by atoms with E-state index in [0.717, 1.165) is 22.9 Å². The van der Waals surface area contributed by atoms with Crippen LogP contribution in [0.25, 0.3) is 0 Å². The van der Waals surface area contributed by atoms with Gasteiger partial charge >= 0.3 is 6.03 Å². The SMILES string of the molecule is Cc1ccc(C(=O)N2Cc3nnc(C4CC4)n3[C@@H](C)C2)cc1N1CCNC1=O. The molecule has 1 atom stereocenters. The Balaban J connectivity index is 1.41. The van der Waals surface area contributed by atoms with Crippen molar-refractivity contribution in [1.82, 2.24) is 25.0 Å². The predicted molar refractivity (Wildman–Crippen MR) is 103 cm³/mol. The molecule has 0 bridgehead atoms. The molecule has 8 nitrogen and oxygen atoms in total. The van der Waals surface area contributed by atoms with E-state index in [-0.39, 0.29) is 18.0 Å². The zero-order valence-electron chi connectivity index (χ0n) is 16.2. The molecule has 0 spiro atoms. The Morgan fingerprint density at radius 1 is 1.25 bits per heavy atom. The van der Waals surface area contributed by atoms with E-state index < -0.39 is 0 Å². The molecular weight excluding hydrogens is 356 g/mol. The molecule has 0 unspecified atom stereocenters. The number of hydrogen-bond donors (Lipinski definition) is 1. The number of amides is 3. The Morgan fingerprint density at radius 3 is 2.79 bits per heavy atom. The number of fused-ring (bicyclic) bond motifs is 1. The van der Waals surface area contributed by atoms with Crippen molar-refractivity contribution >= 4 is 17.6 Å². The summed E-state index contributed by atoms with van der Waals surface area (Å²) in [6.07, 6.45) is 2.37. The van der Waals surface area contributed by atoms with Gasteiger partial charge in [-0.3, -0.25) is 9.69 Å². The number of aryl methyl sites for hydroxylation is 1. The van der Waals surface area contributed by atoms with Crippen LogP contribution in [0.5, 0.6) is 0 Å². The van der Waals surface area contributed by atoms with Gasteiger partial charge in [-0.15, -0.1) is 10.2 Å². The fourth-order valence-corrected chi connectivity index (χ4v) is 4.25. The first kappa shape index (κ1) is 17.2. The second-order valence-corrected chi connectivity index (χ2v) is 8.04. The van der Waals surface area contributed by atoms with E-state index in [2.05, 4.69) is 27.0 Å². The molecule has 0 radical (unpaired) electrons. The number of carbonyl (C=O) groups is 2. The van der Waals surface area contributed by atoms with E-state index in [1.807, 2.05) is 30.0 Å². The molecule has 1 aliphatic carbocycles. The molecule has 28 heavy (non-hydrogen) atoms. The highest BCUT2D eigenvalue weighted by molar-refractivity contribution is 5.99. The minimum atomic E-state index is -0.111. The average molecular weight is 380 g/mol. The van der Waals surface area contributed by atoms with Crippen molar-refractivity contribution in [3.05, 3.63) is 41.0 Å². The fraction of sp³-hybridized carbons (Fsp3) is 0.500. The second kappa shape index (κ2) is 6.32. The number of carbonyl (C=O) groups excluding carboxylic acids is 2. The van der Waals surface area contributed by atoms with Crippen molar-refractivity contribution in [2.75, 3.05) is 24.5 Å². The first-order chi connectivity index (χ1) is 13.5. The van der Waals surface area contributed by atoms with Gasteiger partial charge in [-0.05, 0) is 44.4 Å². The van der Waals surface area contributed by atoms with Gasteiger partial charge in [-0.2, -0.15) is 0 Å². The van der Waals surface area contributed by atoms with Crippen molar-refractivity contribution in [1.29, 1.82) is 0 Å². The first-order valence-electron chi connectivity index (χ1n) is 9.92. The molecule has 5 rings (SSSR count). The molecule has 8 heteroatoms. The van der Waals surface area contributed by atoms with E-state index in [1.165, 1.54) is 12.8 Å². The standard InChI is InChI=1S/C20H24N6O2/c1-12-3-4-15(9-16(12)25-8-7-21-20(25)28)19(27)24-10-13(2)26-17(11-24)22-23-18(26)14-5-6-14/h3-4,9,13-14H,5-8,10-11H2,1-2H3,(H,21,28)/t13-/m0/s1. The van der Waals surface area contributed by atoms with Crippen LogP contribution in [-0.4, -0.2) is 51.2 Å². The van der Waals surface area contributed by atoms with Gasteiger partial charge in [-0.1, -0.05) is 6.07 Å². The highest BCUT2D eigenvalue weighted by atomic mass is 16.2. The molecule has 3 amide bonds. The third kappa shape index (κ3) is 2.75. The maximum atomic E-state index is 13.2. The summed E-state index contributed by atoms with van der Waals surface area (Å²) < 4.78 is 2.22. The van der Waals surface area contributed by atoms with E-state index in [4.69, 9.17) is 0 Å². The van der Waals surface area contributed by atoms with E-state index >= 15 is 0 Å². The quantitative estimate of drug-likeness (QED) is 0.885. The van der Waals surface area contributed by atoms with E-state index in [1.54, 1.807) is 4.90 Å². The molecule has 2 aliphatic heterocycles. The number of aromatic nitrogens is 3. The van der Waals surface area contributed by atoms with Gasteiger partial charge in [0.1, 0.15) is 5.82 Å². The normalized spacial score (nSPS) is 21.6. The summed E-state index contributed by atoms with van der Waals surface area (Å²) in [6, 6.07) is 5.64. The van der Waals surface area contributed by atoms with Crippen LogP contribution in [0, 0.1) is 6.92 Å². The van der Waals surface area contributed by atoms with Crippen LogP contribution in [0.2, 0.25) is 0 Å². The van der Waals surface area contributed by atoms with Crippen LogP contribution in [-0.2, 0) is 6.54 Å². The monoisotopic (exact) mass is 380 g/mol. The molecule has 146 valence electrons. The summed E-state index contributed by atoms with van der Waals surface area (Å²) in [5.74, 6) is 2.44. The summed E-state index contributed by atoms with van der Waals surface area (Å²) in [5.41, 5.74) is 2.38. The lowest BCUT2D eigenvalue weighted by atomic mass is 10.1. The first-order valence-corrected chi connectivity index (χ1v) is 9.92. The maximum absolute atomic E-state index is 13.2. The van der Waals surface area contributed by atoms with Gasteiger partial charge < -0.3 is 14.8 Å². The van der Waals surface area contributed by atoms with E-state index in [0.29, 0.717) is 37.7 Å². The Kier molecular flexibility index (Phi) is 3.89. The maximum Gasteiger partial charge on any atom is 0.322 e. The van der Waals surface area contributed by atoms with Gasteiger partial charge in [0.15, 0.2) is 5.82 Å². The average Bonchev–Trinajstić information content (AvgIpc) is 3.29. The van der Waals surface area contributed by atoms with Gasteiger partial charge in [0, 0.05) is 36.8 Å². The van der Waals surface area contributed by atoms with Crippen molar-refractivity contribution in [3.8, 4) is 0 Å². The number of rotatable bonds is 3. The third-order valence-corrected chi connectivity index (χ3v) is 5.88. The number of nitrogens with zero attached hydrogens (tertiary/aromatic N) is 5. The zero-order chi connectivity index (χ0) is 19.4. The fourth-order valence-electron chi connectivity index (χ4n) is 4.25. The van der Waals surface area contributed by atoms with Gasteiger partial charge in [0.2, 0.25) is 0 Å². The van der Waals surface area contributed by atoms with Gasteiger partial charge in [0.25, 0.3) is 5.91 Å². The lowest BCUT2D eigenvalue weighted by molar-refractivity contribution is 0.0679. The third-order valence-electron chi connectivity index (χ3n) is 5.88. The molecule has 3 heterocycles. The number of benzene rings is 1. The minimum Gasteiger partial charge on any atom is -0.336 e. The largest absolute Gasteiger partial charge is 0.336 e. The van der Waals surface area contributed by atoms with Crippen LogP contribution in [0.15, 0.2) is 18.2 Å². The Morgan fingerprint density at radius 2 is 2.07 bits per heavy atom. The summed E-state index contributed by atoms with van der Waals surface area (Å²) in [6.45, 7) is 6.42. The summed E-state index contributed by atoms with van der Waals surface area (Å²) >= 11 is 0. The molecule has 1 saturated carbocycles. The van der Waals surface area contributed by atoms with Crippen molar-refractivity contribution in [2.45, 2.75) is 45.2 Å². The lowest BCUT2D eigenvalue weighted by Crippen LogP contribution is -2.41. The molecule has 2 fully saturated rings. The molecule has 3 aliphatic rings. The lowest BCUT2D eigenvalue weighted by Gasteiger charge is -2.33. The van der Waals surface area contributed by atoms with Crippen LogP contribution >= 0.6 is 0 Å². The molecule has 2 aromatic rings. The number of nitrogens with one attached hydrogen (secondary N) is 1. The van der Waals surface area contributed by atoms with Crippen LogP contribution in [0.3, 0.4) is 0 Å². The minimum absolute atomic E-state index is 0.0325. The Hall–Kier alpha value is -2.90. The zero-order valence-corrected chi connectivity index (χ0v) is 16.2. The predicted octanol–water partition coefficient (Wildman–Crippen LogP) is 2.21. The smallest absolute Gasteiger partial charge is 0.322 e. The van der Waals surface area contributed by atoms with Crippen molar-refractivity contribution < 1.29 is 9.59 Å². The molecule has 1 saturated heterocycles. The summed E-state index contributed by atoms with van der Waals surface area (Å²) in [4.78, 5) is 28.8. The second-order valence-electron chi connectivity index (χ2n) is 8.04. The highest BCUT2D eigenvalue weighted by Gasteiger charge is 2.36. The molecule has 1 aromatic carbocycles. The molecule has 1 aromatic heterocycles. The number of hydrogen-bond acceptors (Lipinski definition) is 4. The van der Waals surface area contributed by atoms with E-state index in [9.17, 15) is 9.59 Å². The summed E-state index contributed by atoms with van der Waals surface area (Å²) in [5, 5.41) is 11.6. The van der Waals surface area contributed by atoms with Crippen molar-refractivity contribution in [2.24, 2.45) is 0 Å². The molecular formula is C20H24N6O2. The number of urea groups is 1. The molecule has 1 N–H and O–H groups in total. The van der Waals surface area contributed by atoms with Crippen LogP contribution in [0.1, 0.15) is 59.3 Å². The van der Waals surface area contributed by atoms with Gasteiger partial charge in [-0.25, -0.2) is 4.79 Å². The van der Waals surface area contributed by atoms with Crippen LogP contribution < -0.4 is 10.2 Å². The van der Waals surface area contributed by atoms with Gasteiger partial charge in [0.05, 0.1) is 12.6 Å². The number of anilines is 1. The Bertz CT molecular complexity index is 964. The van der Waals surface area contributed by atoms with Crippen LogP contribution in [0.4, 0.5) is 10.5 Å². The Labute approximate surface area is 163 Å². The topological polar surface area (TPSA) is 83.4 Å². The van der Waals surface area contributed by atoms with Crippen molar-refractivity contribution in [3.63, 3.8) is 0 Å². The highest BCUT2D eigenvalue weighted by Crippen LogP contribution is 2.41.